The van der Waals surface area contributed by atoms with Crippen LogP contribution in [0.4, 0.5) is 0 Å². The minimum Gasteiger partial charge on any atom is -0.389 e. The third kappa shape index (κ3) is 1.08. The first-order valence-electron chi connectivity index (χ1n) is 6.95. The van der Waals surface area contributed by atoms with Gasteiger partial charge in [0.1, 0.15) is 0 Å². The van der Waals surface area contributed by atoms with Crippen molar-refractivity contribution in [1.82, 2.24) is 0 Å². The SMILES string of the molecule is CCC1(O)C2CCC(C2)C12CCCCC2. The van der Waals surface area contributed by atoms with E-state index in [1.54, 1.807) is 0 Å². The van der Waals surface area contributed by atoms with E-state index in [0.717, 1.165) is 12.3 Å². The Kier molecular flexibility index (Phi) is 2.18. The van der Waals surface area contributed by atoms with Gasteiger partial charge in [0.2, 0.25) is 0 Å². The highest BCUT2D eigenvalue weighted by Gasteiger charge is 2.65. The monoisotopic (exact) mass is 208 g/mol. The van der Waals surface area contributed by atoms with E-state index in [2.05, 4.69) is 6.92 Å². The lowest BCUT2D eigenvalue weighted by Gasteiger charge is -2.52. The maximum atomic E-state index is 11.1. The second-order valence-corrected chi connectivity index (χ2v) is 6.20. The molecular formula is C14H24O. The molecule has 0 aliphatic heterocycles. The lowest BCUT2D eigenvalue weighted by molar-refractivity contribution is -0.142. The fraction of sp³-hybridized carbons (Fsp3) is 1.00. The van der Waals surface area contributed by atoms with E-state index >= 15 is 0 Å². The van der Waals surface area contributed by atoms with Gasteiger partial charge in [0.25, 0.3) is 0 Å². The van der Waals surface area contributed by atoms with Gasteiger partial charge in [0.15, 0.2) is 0 Å². The molecule has 3 saturated carbocycles. The van der Waals surface area contributed by atoms with Crippen LogP contribution in [0.2, 0.25) is 0 Å². The molecule has 0 aromatic rings. The van der Waals surface area contributed by atoms with Crippen molar-refractivity contribution in [2.75, 3.05) is 0 Å². The maximum Gasteiger partial charge on any atom is 0.0731 e. The van der Waals surface area contributed by atoms with Gasteiger partial charge in [-0.2, -0.15) is 0 Å². The van der Waals surface area contributed by atoms with Gasteiger partial charge in [-0.1, -0.05) is 26.2 Å². The summed E-state index contributed by atoms with van der Waals surface area (Å²) in [4.78, 5) is 0. The second kappa shape index (κ2) is 3.23. The summed E-state index contributed by atoms with van der Waals surface area (Å²) in [6, 6.07) is 0. The van der Waals surface area contributed by atoms with Gasteiger partial charge >= 0.3 is 0 Å². The van der Waals surface area contributed by atoms with E-state index in [9.17, 15) is 5.11 Å². The van der Waals surface area contributed by atoms with Gasteiger partial charge in [0, 0.05) is 5.41 Å². The van der Waals surface area contributed by atoms with Crippen LogP contribution >= 0.6 is 0 Å². The van der Waals surface area contributed by atoms with Crippen LogP contribution < -0.4 is 0 Å². The summed E-state index contributed by atoms with van der Waals surface area (Å²) in [5.41, 5.74) is 0.0687. The van der Waals surface area contributed by atoms with Crippen LogP contribution in [-0.4, -0.2) is 10.7 Å². The van der Waals surface area contributed by atoms with E-state index in [1.807, 2.05) is 0 Å². The number of hydrogen-bond donors (Lipinski definition) is 1. The number of hydrogen-bond acceptors (Lipinski definition) is 1. The van der Waals surface area contributed by atoms with Gasteiger partial charge in [-0.15, -0.1) is 0 Å². The molecule has 0 saturated heterocycles. The summed E-state index contributed by atoms with van der Waals surface area (Å²) in [6.07, 6.45) is 11.8. The largest absolute Gasteiger partial charge is 0.389 e. The van der Waals surface area contributed by atoms with E-state index in [1.165, 1.54) is 51.4 Å². The van der Waals surface area contributed by atoms with Crippen molar-refractivity contribution >= 4 is 0 Å². The fourth-order valence-electron chi connectivity index (χ4n) is 5.34. The summed E-state index contributed by atoms with van der Waals surface area (Å²) >= 11 is 0. The van der Waals surface area contributed by atoms with Crippen molar-refractivity contribution in [3.63, 3.8) is 0 Å². The highest BCUT2D eigenvalue weighted by molar-refractivity contribution is 5.15. The van der Waals surface area contributed by atoms with Crippen molar-refractivity contribution in [3.8, 4) is 0 Å². The molecule has 1 spiro atoms. The molecule has 0 amide bonds. The molecule has 3 unspecified atom stereocenters. The van der Waals surface area contributed by atoms with E-state index < -0.39 is 0 Å². The Balaban J connectivity index is 1.97. The number of aliphatic hydroxyl groups is 1. The van der Waals surface area contributed by atoms with Crippen molar-refractivity contribution < 1.29 is 5.11 Å². The predicted molar refractivity (Wildman–Crippen MR) is 61.6 cm³/mol. The van der Waals surface area contributed by atoms with Crippen molar-refractivity contribution in [3.05, 3.63) is 0 Å². The average Bonchev–Trinajstić information content (AvgIpc) is 2.84. The minimum atomic E-state index is -0.281. The zero-order chi connectivity index (χ0) is 10.5. The minimum absolute atomic E-state index is 0.281. The summed E-state index contributed by atoms with van der Waals surface area (Å²) in [6.45, 7) is 2.21. The Morgan fingerprint density at radius 1 is 1.07 bits per heavy atom. The van der Waals surface area contributed by atoms with Crippen LogP contribution in [0, 0.1) is 17.3 Å². The molecule has 3 aliphatic carbocycles. The summed E-state index contributed by atoms with van der Waals surface area (Å²) in [5, 5.41) is 11.1. The first kappa shape index (κ1) is 10.1. The normalized spacial score (nSPS) is 47.6. The molecule has 1 N–H and O–H groups in total. The number of rotatable bonds is 1. The topological polar surface area (TPSA) is 20.2 Å². The first-order valence-corrected chi connectivity index (χ1v) is 6.95. The van der Waals surface area contributed by atoms with Crippen molar-refractivity contribution in [2.45, 2.75) is 70.3 Å². The molecule has 1 nitrogen and oxygen atoms in total. The Bertz CT molecular complexity index is 254. The molecule has 3 fully saturated rings. The molecule has 15 heavy (non-hydrogen) atoms. The molecule has 0 radical (unpaired) electrons. The summed E-state index contributed by atoms with van der Waals surface area (Å²) in [7, 11) is 0. The van der Waals surface area contributed by atoms with E-state index in [-0.39, 0.29) is 5.60 Å². The van der Waals surface area contributed by atoms with Gasteiger partial charge in [-0.3, -0.25) is 0 Å². The van der Waals surface area contributed by atoms with Gasteiger partial charge in [-0.25, -0.2) is 0 Å². The number of fused-ring (bicyclic) bond motifs is 3. The maximum absolute atomic E-state index is 11.1. The molecule has 3 rings (SSSR count). The highest BCUT2D eigenvalue weighted by Crippen LogP contribution is 2.67. The lowest BCUT2D eigenvalue weighted by atomic mass is 9.56. The van der Waals surface area contributed by atoms with Gasteiger partial charge < -0.3 is 5.11 Å². The molecule has 3 atom stereocenters. The Morgan fingerprint density at radius 2 is 1.73 bits per heavy atom. The third-order valence-electron chi connectivity index (χ3n) is 6.04. The highest BCUT2D eigenvalue weighted by atomic mass is 16.3. The van der Waals surface area contributed by atoms with Crippen LogP contribution in [0.15, 0.2) is 0 Å². The molecule has 3 aliphatic rings. The van der Waals surface area contributed by atoms with Crippen molar-refractivity contribution in [1.29, 1.82) is 0 Å². The zero-order valence-corrected chi connectivity index (χ0v) is 9.97. The molecular weight excluding hydrogens is 184 g/mol. The molecule has 86 valence electrons. The van der Waals surface area contributed by atoms with Crippen LogP contribution in [0.1, 0.15) is 64.7 Å². The summed E-state index contributed by atoms with van der Waals surface area (Å²) < 4.78 is 0. The standard InChI is InChI=1S/C14H24O/c1-2-14(15)12-7-6-11(10-12)13(14)8-4-3-5-9-13/h11-12,15H,2-10H2,1H3. The Labute approximate surface area is 93.3 Å². The van der Waals surface area contributed by atoms with Gasteiger partial charge in [0.05, 0.1) is 5.60 Å². The molecule has 0 aromatic heterocycles. The van der Waals surface area contributed by atoms with Gasteiger partial charge in [-0.05, 0) is 50.4 Å². The van der Waals surface area contributed by atoms with Crippen LogP contribution in [0.25, 0.3) is 0 Å². The molecule has 2 bridgehead atoms. The van der Waals surface area contributed by atoms with E-state index in [4.69, 9.17) is 0 Å². The predicted octanol–water partition coefficient (Wildman–Crippen LogP) is 3.51. The molecule has 0 heterocycles. The zero-order valence-electron chi connectivity index (χ0n) is 9.97. The Hall–Kier alpha value is -0.0400. The quantitative estimate of drug-likeness (QED) is 0.699. The fourth-order valence-corrected chi connectivity index (χ4v) is 5.34. The van der Waals surface area contributed by atoms with E-state index in [0.29, 0.717) is 11.3 Å². The smallest absolute Gasteiger partial charge is 0.0731 e. The van der Waals surface area contributed by atoms with Crippen molar-refractivity contribution in [2.24, 2.45) is 17.3 Å². The second-order valence-electron chi connectivity index (χ2n) is 6.20. The third-order valence-corrected chi connectivity index (χ3v) is 6.04. The first-order chi connectivity index (χ1) is 7.23. The van der Waals surface area contributed by atoms with Crippen LogP contribution in [0.3, 0.4) is 0 Å². The molecule has 0 aromatic carbocycles. The Morgan fingerprint density at radius 3 is 2.40 bits per heavy atom. The van der Waals surface area contributed by atoms with Crippen LogP contribution in [0.5, 0.6) is 0 Å². The lowest BCUT2D eigenvalue weighted by Crippen LogP contribution is -2.53. The average molecular weight is 208 g/mol. The van der Waals surface area contributed by atoms with Crippen LogP contribution in [-0.2, 0) is 0 Å². The molecule has 1 heteroatoms. The summed E-state index contributed by atoms with van der Waals surface area (Å²) in [5.74, 6) is 1.51.